The Morgan fingerprint density at radius 3 is 2.41 bits per heavy atom. The number of nitrogens with one attached hydrogen (secondary N) is 1. The van der Waals surface area contributed by atoms with Crippen LogP contribution in [0.5, 0.6) is 5.75 Å². The fourth-order valence-electron chi connectivity index (χ4n) is 3.39. The van der Waals surface area contributed by atoms with Gasteiger partial charge >= 0.3 is 0 Å². The van der Waals surface area contributed by atoms with Crippen molar-refractivity contribution in [2.24, 2.45) is 0 Å². The SMILES string of the molecule is CCOc1ccc(NC(=O)c2nc(-c3ccc(Cl)cc3)n(-c3ccc(C)cc3C)n2)cc1. The lowest BCUT2D eigenvalue weighted by atomic mass is 10.1. The van der Waals surface area contributed by atoms with Crippen molar-refractivity contribution in [3.8, 4) is 22.8 Å². The van der Waals surface area contributed by atoms with Crippen LogP contribution in [0.4, 0.5) is 5.69 Å². The van der Waals surface area contributed by atoms with Crippen LogP contribution in [0.1, 0.15) is 28.7 Å². The van der Waals surface area contributed by atoms with Crippen molar-refractivity contribution < 1.29 is 9.53 Å². The average molecular weight is 447 g/mol. The van der Waals surface area contributed by atoms with Crippen LogP contribution < -0.4 is 10.1 Å². The summed E-state index contributed by atoms with van der Waals surface area (Å²) in [6, 6.07) is 20.5. The van der Waals surface area contributed by atoms with Crippen LogP contribution in [0, 0.1) is 13.8 Å². The number of carbonyl (C=O) groups excluding carboxylic acids is 1. The summed E-state index contributed by atoms with van der Waals surface area (Å²) in [7, 11) is 0. The van der Waals surface area contributed by atoms with Crippen LogP contribution in [0.3, 0.4) is 0 Å². The molecule has 4 rings (SSSR count). The van der Waals surface area contributed by atoms with E-state index in [1.807, 2.05) is 45.0 Å². The number of halogens is 1. The van der Waals surface area contributed by atoms with Crippen LogP contribution in [-0.4, -0.2) is 27.3 Å². The smallest absolute Gasteiger partial charge is 0.295 e. The normalized spacial score (nSPS) is 10.8. The second-order valence-electron chi connectivity index (χ2n) is 7.38. The van der Waals surface area contributed by atoms with Gasteiger partial charge in [-0.05, 0) is 80.9 Å². The highest BCUT2D eigenvalue weighted by Gasteiger charge is 2.20. The summed E-state index contributed by atoms with van der Waals surface area (Å²) in [5.74, 6) is 0.981. The van der Waals surface area contributed by atoms with Crippen LogP contribution in [0.25, 0.3) is 17.1 Å². The Bertz CT molecular complexity index is 1250. The summed E-state index contributed by atoms with van der Waals surface area (Å²) in [5, 5.41) is 8.02. The third kappa shape index (κ3) is 4.65. The van der Waals surface area contributed by atoms with Gasteiger partial charge in [0, 0.05) is 16.3 Å². The number of carbonyl (C=O) groups is 1. The van der Waals surface area contributed by atoms with Gasteiger partial charge in [0.15, 0.2) is 5.82 Å². The Labute approximate surface area is 191 Å². The first-order valence-electron chi connectivity index (χ1n) is 10.3. The van der Waals surface area contributed by atoms with E-state index in [1.54, 1.807) is 41.1 Å². The lowest BCUT2D eigenvalue weighted by molar-refractivity contribution is 0.101. The number of ether oxygens (including phenoxy) is 1. The number of aromatic nitrogens is 3. The van der Waals surface area contributed by atoms with Crippen LogP contribution in [0.2, 0.25) is 5.02 Å². The van der Waals surface area contributed by atoms with Crippen LogP contribution >= 0.6 is 11.6 Å². The molecule has 1 heterocycles. The first-order valence-corrected chi connectivity index (χ1v) is 10.7. The molecule has 0 saturated carbocycles. The molecule has 0 bridgehead atoms. The number of amides is 1. The molecule has 0 spiro atoms. The van der Waals surface area contributed by atoms with Crippen molar-refractivity contribution in [2.45, 2.75) is 20.8 Å². The zero-order chi connectivity index (χ0) is 22.7. The predicted molar refractivity (Wildman–Crippen MR) is 127 cm³/mol. The molecule has 162 valence electrons. The molecule has 0 unspecified atom stereocenters. The molecular weight excluding hydrogens is 424 g/mol. The van der Waals surface area contributed by atoms with Crippen molar-refractivity contribution in [3.05, 3.63) is 88.7 Å². The molecule has 0 aliphatic rings. The van der Waals surface area contributed by atoms with Gasteiger partial charge < -0.3 is 10.1 Å². The van der Waals surface area contributed by atoms with E-state index in [0.717, 1.165) is 28.1 Å². The average Bonchev–Trinajstić information content (AvgIpc) is 3.21. The number of aryl methyl sites for hydroxylation is 2. The lowest BCUT2D eigenvalue weighted by Gasteiger charge is -2.10. The molecule has 0 saturated heterocycles. The third-order valence-corrected chi connectivity index (χ3v) is 5.17. The van der Waals surface area contributed by atoms with Crippen LogP contribution in [0.15, 0.2) is 66.7 Å². The molecular formula is C25H23ClN4O2. The van der Waals surface area contributed by atoms with Crippen molar-refractivity contribution in [2.75, 3.05) is 11.9 Å². The minimum absolute atomic E-state index is 0.0730. The topological polar surface area (TPSA) is 69.0 Å². The summed E-state index contributed by atoms with van der Waals surface area (Å²) in [6.07, 6.45) is 0. The van der Waals surface area contributed by atoms with E-state index in [0.29, 0.717) is 23.1 Å². The third-order valence-electron chi connectivity index (χ3n) is 4.92. The summed E-state index contributed by atoms with van der Waals surface area (Å²) >= 11 is 6.06. The van der Waals surface area contributed by atoms with E-state index in [2.05, 4.69) is 21.5 Å². The molecule has 1 aromatic heterocycles. The van der Waals surface area contributed by atoms with Gasteiger partial charge in [-0.1, -0.05) is 29.3 Å². The minimum Gasteiger partial charge on any atom is -0.494 e. The molecule has 6 nitrogen and oxygen atoms in total. The molecule has 0 radical (unpaired) electrons. The van der Waals surface area contributed by atoms with E-state index in [9.17, 15) is 4.79 Å². The highest BCUT2D eigenvalue weighted by Crippen LogP contribution is 2.25. The van der Waals surface area contributed by atoms with Gasteiger partial charge in [0.2, 0.25) is 5.82 Å². The number of rotatable bonds is 6. The quantitative estimate of drug-likeness (QED) is 0.403. The number of nitrogens with zero attached hydrogens (tertiary/aromatic N) is 3. The first kappa shape index (κ1) is 21.6. The molecule has 1 N–H and O–H groups in total. The molecule has 0 aliphatic heterocycles. The van der Waals surface area contributed by atoms with Gasteiger partial charge in [-0.3, -0.25) is 4.79 Å². The molecule has 7 heteroatoms. The zero-order valence-corrected chi connectivity index (χ0v) is 18.8. The molecule has 0 atom stereocenters. The Morgan fingerprint density at radius 1 is 1.03 bits per heavy atom. The standard InChI is InChI=1S/C25H23ClN4O2/c1-4-32-21-12-10-20(11-13-21)27-25(31)23-28-24(18-6-8-19(26)9-7-18)30(29-23)22-14-5-16(2)15-17(22)3/h5-15H,4H2,1-3H3,(H,27,31). The van der Waals surface area contributed by atoms with E-state index in [1.165, 1.54) is 0 Å². The first-order chi connectivity index (χ1) is 15.4. The molecule has 3 aromatic carbocycles. The highest BCUT2D eigenvalue weighted by molar-refractivity contribution is 6.30. The number of hydrogen-bond donors (Lipinski definition) is 1. The summed E-state index contributed by atoms with van der Waals surface area (Å²) in [5.41, 5.74) is 4.47. The number of benzene rings is 3. The largest absolute Gasteiger partial charge is 0.494 e. The summed E-state index contributed by atoms with van der Waals surface area (Å²) in [4.78, 5) is 17.5. The monoisotopic (exact) mass is 446 g/mol. The highest BCUT2D eigenvalue weighted by atomic mass is 35.5. The maximum absolute atomic E-state index is 12.9. The van der Waals surface area contributed by atoms with Crippen molar-refractivity contribution in [1.82, 2.24) is 14.8 Å². The van der Waals surface area contributed by atoms with E-state index in [-0.39, 0.29) is 5.82 Å². The van der Waals surface area contributed by atoms with Gasteiger partial charge in [0.1, 0.15) is 5.75 Å². The molecule has 4 aromatic rings. The maximum atomic E-state index is 12.9. The predicted octanol–water partition coefficient (Wildman–Crippen LogP) is 5.86. The van der Waals surface area contributed by atoms with Crippen molar-refractivity contribution in [1.29, 1.82) is 0 Å². The lowest BCUT2D eigenvalue weighted by Crippen LogP contribution is -2.14. The molecule has 0 aliphatic carbocycles. The van der Waals surface area contributed by atoms with E-state index < -0.39 is 5.91 Å². The van der Waals surface area contributed by atoms with E-state index in [4.69, 9.17) is 16.3 Å². The molecule has 1 amide bonds. The number of anilines is 1. The molecule has 0 fully saturated rings. The van der Waals surface area contributed by atoms with Crippen molar-refractivity contribution in [3.63, 3.8) is 0 Å². The minimum atomic E-state index is -0.395. The zero-order valence-electron chi connectivity index (χ0n) is 18.1. The Balaban J connectivity index is 1.71. The van der Waals surface area contributed by atoms with Crippen LogP contribution in [-0.2, 0) is 0 Å². The van der Waals surface area contributed by atoms with Gasteiger partial charge in [0.25, 0.3) is 5.91 Å². The van der Waals surface area contributed by atoms with Crippen molar-refractivity contribution >= 4 is 23.2 Å². The fraction of sp³-hybridized carbons (Fsp3) is 0.160. The Kier molecular flexibility index (Phi) is 6.23. The summed E-state index contributed by atoms with van der Waals surface area (Å²) in [6.45, 7) is 6.55. The van der Waals surface area contributed by atoms with E-state index >= 15 is 0 Å². The number of hydrogen-bond acceptors (Lipinski definition) is 4. The fourth-order valence-corrected chi connectivity index (χ4v) is 3.52. The van der Waals surface area contributed by atoms with Gasteiger partial charge in [-0.2, -0.15) is 0 Å². The van der Waals surface area contributed by atoms with Gasteiger partial charge in [-0.25, -0.2) is 9.67 Å². The van der Waals surface area contributed by atoms with Gasteiger partial charge in [0.05, 0.1) is 12.3 Å². The summed E-state index contributed by atoms with van der Waals surface area (Å²) < 4.78 is 7.14. The second-order valence-corrected chi connectivity index (χ2v) is 7.82. The Hall–Kier alpha value is -3.64. The van der Waals surface area contributed by atoms with Gasteiger partial charge in [-0.15, -0.1) is 5.10 Å². The Morgan fingerprint density at radius 2 is 1.75 bits per heavy atom. The second kappa shape index (κ2) is 9.24. The maximum Gasteiger partial charge on any atom is 0.295 e. The molecule has 32 heavy (non-hydrogen) atoms.